The summed E-state index contributed by atoms with van der Waals surface area (Å²) in [6.45, 7) is 6.41. The van der Waals surface area contributed by atoms with Crippen LogP contribution < -0.4 is 0 Å². The van der Waals surface area contributed by atoms with Crippen LogP contribution in [0.5, 0.6) is 0 Å². The van der Waals surface area contributed by atoms with Crippen LogP contribution in [0.15, 0.2) is 0 Å². The molecule has 0 atom stereocenters. The first-order valence-corrected chi connectivity index (χ1v) is 4.46. The largest absolute Gasteiger partial charge is 0.380 e. The van der Waals surface area contributed by atoms with E-state index in [1.165, 1.54) is 0 Å². The monoisotopic (exact) mass is 163 g/mol. The summed E-state index contributed by atoms with van der Waals surface area (Å²) < 4.78 is 5.31. The Hall–Kier alpha value is 0.0499. The van der Waals surface area contributed by atoms with Gasteiger partial charge >= 0.3 is 0 Å². The van der Waals surface area contributed by atoms with Gasteiger partial charge in [0.15, 0.2) is 0 Å². The lowest BCUT2D eigenvalue weighted by atomic mass is 9.58. The molecule has 4 radical (unpaired) electrons. The molecule has 0 bridgehead atoms. The summed E-state index contributed by atoms with van der Waals surface area (Å²) in [5.41, 5.74) is 0. The third-order valence-electron chi connectivity index (χ3n) is 2.28. The molecule has 64 valence electrons. The van der Waals surface area contributed by atoms with Crippen molar-refractivity contribution in [3.05, 3.63) is 0 Å². The minimum atomic E-state index is -0.690. The van der Waals surface area contributed by atoms with Crippen molar-refractivity contribution in [2.75, 3.05) is 19.8 Å². The average molecular weight is 163 g/mol. The fraction of sp³-hybridized carbons (Fsp3) is 1.00. The van der Waals surface area contributed by atoms with E-state index in [1.54, 1.807) is 0 Å². The molecule has 0 spiro atoms. The number of hydrogen-bond donors (Lipinski definition) is 0. The summed E-state index contributed by atoms with van der Waals surface area (Å²) in [5, 5.41) is -0.690. The molecular formula is C8H15B2NO. The number of ether oxygens (including phenoxy) is 1. The summed E-state index contributed by atoms with van der Waals surface area (Å²) >= 11 is 0. The van der Waals surface area contributed by atoms with E-state index in [4.69, 9.17) is 20.4 Å². The Kier molecular flexibility index (Phi) is 3.24. The lowest BCUT2D eigenvalue weighted by Gasteiger charge is -2.40. The molecule has 1 fully saturated rings. The second kappa shape index (κ2) is 3.84. The molecule has 0 aromatic heterocycles. The normalized spacial score (nSPS) is 25.6. The second-order valence-corrected chi connectivity index (χ2v) is 3.64. The standard InChI is InChI=1S/C8H15B2NO/c1-7(2)11-4-6-12-5-3-8(11,9)10/h7H,3-6H2,1-2H3. The van der Waals surface area contributed by atoms with Crippen LogP contribution in [0.25, 0.3) is 0 Å². The Morgan fingerprint density at radius 2 is 2.00 bits per heavy atom. The highest BCUT2D eigenvalue weighted by atomic mass is 16.5. The van der Waals surface area contributed by atoms with Gasteiger partial charge in [0, 0.05) is 19.2 Å². The molecule has 0 saturated carbocycles. The Morgan fingerprint density at radius 1 is 1.33 bits per heavy atom. The van der Waals surface area contributed by atoms with Crippen molar-refractivity contribution in [3.63, 3.8) is 0 Å². The Bertz CT molecular complexity index is 150. The van der Waals surface area contributed by atoms with E-state index in [0.29, 0.717) is 19.1 Å². The fourth-order valence-electron chi connectivity index (χ4n) is 1.59. The smallest absolute Gasteiger partial charge is 0.0825 e. The van der Waals surface area contributed by atoms with Gasteiger partial charge < -0.3 is 9.64 Å². The lowest BCUT2D eigenvalue weighted by Crippen LogP contribution is -2.53. The molecule has 4 heteroatoms. The highest BCUT2D eigenvalue weighted by molar-refractivity contribution is 6.39. The van der Waals surface area contributed by atoms with E-state index in [-0.39, 0.29) is 0 Å². The van der Waals surface area contributed by atoms with Gasteiger partial charge in [0.25, 0.3) is 0 Å². The van der Waals surface area contributed by atoms with Gasteiger partial charge in [0.2, 0.25) is 0 Å². The van der Waals surface area contributed by atoms with Crippen molar-refractivity contribution >= 4 is 15.7 Å². The van der Waals surface area contributed by atoms with E-state index < -0.39 is 5.34 Å². The van der Waals surface area contributed by atoms with Crippen LogP contribution in [0, 0.1) is 0 Å². The molecule has 0 aliphatic carbocycles. The highest BCUT2D eigenvalue weighted by Crippen LogP contribution is 2.17. The molecule has 1 aliphatic rings. The SMILES string of the molecule is [B]C1([B])CCOCCN1C(C)C. The molecule has 0 amide bonds. The summed E-state index contributed by atoms with van der Waals surface area (Å²) in [6.07, 6.45) is 0.700. The van der Waals surface area contributed by atoms with Crippen LogP contribution in [0.2, 0.25) is 0 Å². The van der Waals surface area contributed by atoms with E-state index >= 15 is 0 Å². The zero-order chi connectivity index (χ0) is 9.19. The van der Waals surface area contributed by atoms with E-state index in [0.717, 1.165) is 13.2 Å². The van der Waals surface area contributed by atoms with Crippen LogP contribution in [0.4, 0.5) is 0 Å². The molecule has 12 heavy (non-hydrogen) atoms. The molecule has 1 rings (SSSR count). The summed E-state index contributed by atoms with van der Waals surface area (Å²) in [4.78, 5) is 2.08. The Labute approximate surface area is 77.5 Å². The predicted molar refractivity (Wildman–Crippen MR) is 51.5 cm³/mol. The van der Waals surface area contributed by atoms with Gasteiger partial charge in [-0.3, -0.25) is 0 Å². The molecule has 0 unspecified atom stereocenters. The number of hydrogen-bond acceptors (Lipinski definition) is 2. The fourth-order valence-corrected chi connectivity index (χ4v) is 1.59. The van der Waals surface area contributed by atoms with E-state index in [9.17, 15) is 0 Å². The molecule has 0 N–H and O–H groups in total. The zero-order valence-corrected chi connectivity index (χ0v) is 7.92. The van der Waals surface area contributed by atoms with Gasteiger partial charge in [-0.05, 0) is 20.3 Å². The molecule has 0 aromatic rings. The van der Waals surface area contributed by atoms with Gasteiger partial charge in [0.1, 0.15) is 0 Å². The molecule has 2 nitrogen and oxygen atoms in total. The third kappa shape index (κ3) is 2.27. The number of rotatable bonds is 1. The topological polar surface area (TPSA) is 12.5 Å². The maximum atomic E-state index is 5.95. The summed E-state index contributed by atoms with van der Waals surface area (Å²) in [6, 6.07) is 0.377. The van der Waals surface area contributed by atoms with E-state index in [2.05, 4.69) is 18.7 Å². The average Bonchev–Trinajstić information content (AvgIpc) is 2.09. The maximum absolute atomic E-state index is 5.95. The quantitative estimate of drug-likeness (QED) is 0.508. The minimum Gasteiger partial charge on any atom is -0.380 e. The van der Waals surface area contributed by atoms with E-state index in [1.807, 2.05) is 0 Å². The molecule has 1 aliphatic heterocycles. The lowest BCUT2D eigenvalue weighted by molar-refractivity contribution is 0.132. The predicted octanol–water partition coefficient (Wildman–Crippen LogP) is 0.108. The van der Waals surface area contributed by atoms with Crippen molar-refractivity contribution in [2.24, 2.45) is 0 Å². The van der Waals surface area contributed by atoms with Crippen molar-refractivity contribution in [1.29, 1.82) is 0 Å². The van der Waals surface area contributed by atoms with Crippen molar-refractivity contribution < 1.29 is 4.74 Å². The maximum Gasteiger partial charge on any atom is 0.0825 e. The summed E-state index contributed by atoms with van der Waals surface area (Å²) in [5.74, 6) is 0. The van der Waals surface area contributed by atoms with Crippen molar-refractivity contribution in [3.8, 4) is 0 Å². The Balaban J connectivity index is 2.65. The zero-order valence-electron chi connectivity index (χ0n) is 7.92. The Morgan fingerprint density at radius 3 is 2.58 bits per heavy atom. The molecule has 1 heterocycles. The van der Waals surface area contributed by atoms with Gasteiger partial charge in [-0.1, -0.05) is 5.34 Å². The van der Waals surface area contributed by atoms with Crippen LogP contribution in [0.1, 0.15) is 20.3 Å². The number of nitrogens with zero attached hydrogens (tertiary/aromatic N) is 1. The van der Waals surface area contributed by atoms with Gasteiger partial charge in [0.05, 0.1) is 22.3 Å². The third-order valence-corrected chi connectivity index (χ3v) is 2.28. The van der Waals surface area contributed by atoms with Crippen LogP contribution in [-0.4, -0.2) is 51.7 Å². The first-order valence-electron chi connectivity index (χ1n) is 4.46. The molecular weight excluding hydrogens is 148 g/mol. The second-order valence-electron chi connectivity index (χ2n) is 3.64. The van der Waals surface area contributed by atoms with Gasteiger partial charge in [-0.15, -0.1) is 0 Å². The van der Waals surface area contributed by atoms with Crippen molar-refractivity contribution in [1.82, 2.24) is 4.90 Å². The highest BCUT2D eigenvalue weighted by Gasteiger charge is 2.28. The van der Waals surface area contributed by atoms with Crippen LogP contribution in [-0.2, 0) is 4.74 Å². The van der Waals surface area contributed by atoms with Crippen LogP contribution in [0.3, 0.4) is 0 Å². The first kappa shape index (κ1) is 10.1. The first-order chi connectivity index (χ1) is 5.54. The molecule has 1 saturated heterocycles. The van der Waals surface area contributed by atoms with Crippen molar-refractivity contribution in [2.45, 2.75) is 31.6 Å². The van der Waals surface area contributed by atoms with Gasteiger partial charge in [-0.25, -0.2) is 0 Å². The minimum absolute atomic E-state index is 0.377. The van der Waals surface area contributed by atoms with Crippen LogP contribution >= 0.6 is 0 Å². The summed E-state index contributed by atoms with van der Waals surface area (Å²) in [7, 11) is 11.9. The molecule has 0 aromatic carbocycles. The van der Waals surface area contributed by atoms with Gasteiger partial charge in [-0.2, -0.15) is 0 Å².